The lowest BCUT2D eigenvalue weighted by Crippen LogP contribution is -2.30. The number of nitrogens with zero attached hydrogens (tertiary/aromatic N) is 1. The van der Waals surface area contributed by atoms with Crippen molar-refractivity contribution >= 4 is 11.7 Å². The van der Waals surface area contributed by atoms with E-state index in [1.54, 1.807) is 30.5 Å². The van der Waals surface area contributed by atoms with Crippen molar-refractivity contribution in [2.24, 2.45) is 0 Å². The van der Waals surface area contributed by atoms with Crippen LogP contribution >= 0.6 is 0 Å². The maximum atomic E-state index is 11.7. The molecule has 0 atom stereocenters. The van der Waals surface area contributed by atoms with Crippen molar-refractivity contribution in [1.29, 1.82) is 0 Å². The SMILES string of the molecule is CC(=O)c1ccc(OCC(=O)NCCc2ccccn2)cc1. The van der Waals surface area contributed by atoms with Gasteiger partial charge >= 0.3 is 0 Å². The third-order valence-corrected chi connectivity index (χ3v) is 3.06. The molecule has 0 aliphatic carbocycles. The van der Waals surface area contributed by atoms with Crippen molar-refractivity contribution in [3.63, 3.8) is 0 Å². The van der Waals surface area contributed by atoms with Gasteiger partial charge in [-0.05, 0) is 43.3 Å². The van der Waals surface area contributed by atoms with Crippen LogP contribution in [0.25, 0.3) is 0 Å². The number of hydrogen-bond donors (Lipinski definition) is 1. The van der Waals surface area contributed by atoms with E-state index >= 15 is 0 Å². The molecule has 0 aliphatic rings. The Bertz CT molecular complexity index is 624. The molecule has 114 valence electrons. The van der Waals surface area contributed by atoms with Gasteiger partial charge in [-0.1, -0.05) is 6.07 Å². The van der Waals surface area contributed by atoms with Crippen LogP contribution in [0, 0.1) is 0 Å². The summed E-state index contributed by atoms with van der Waals surface area (Å²) in [4.78, 5) is 27.0. The van der Waals surface area contributed by atoms with Gasteiger partial charge in [-0.25, -0.2) is 0 Å². The first-order chi connectivity index (χ1) is 10.6. The molecule has 1 N–H and O–H groups in total. The van der Waals surface area contributed by atoms with Crippen molar-refractivity contribution in [3.05, 3.63) is 59.9 Å². The molecule has 0 spiro atoms. The number of benzene rings is 1. The third-order valence-electron chi connectivity index (χ3n) is 3.06. The molecule has 2 aromatic rings. The predicted molar refractivity (Wildman–Crippen MR) is 82.9 cm³/mol. The summed E-state index contributed by atoms with van der Waals surface area (Å²) in [6.45, 7) is 1.97. The maximum absolute atomic E-state index is 11.7. The summed E-state index contributed by atoms with van der Waals surface area (Å²) in [7, 11) is 0. The molecule has 0 saturated heterocycles. The Hall–Kier alpha value is -2.69. The molecule has 22 heavy (non-hydrogen) atoms. The van der Waals surface area contributed by atoms with Crippen LogP contribution in [-0.2, 0) is 11.2 Å². The molecule has 0 radical (unpaired) electrons. The molecule has 5 nitrogen and oxygen atoms in total. The van der Waals surface area contributed by atoms with Crippen LogP contribution in [0.3, 0.4) is 0 Å². The van der Waals surface area contributed by atoms with Crippen molar-refractivity contribution < 1.29 is 14.3 Å². The number of nitrogens with one attached hydrogen (secondary N) is 1. The van der Waals surface area contributed by atoms with E-state index in [1.807, 2.05) is 18.2 Å². The number of carbonyl (C=O) groups is 2. The molecular weight excluding hydrogens is 280 g/mol. The number of carbonyl (C=O) groups excluding carboxylic acids is 2. The summed E-state index contributed by atoms with van der Waals surface area (Å²) >= 11 is 0. The van der Waals surface area contributed by atoms with Gasteiger partial charge in [0.15, 0.2) is 12.4 Å². The lowest BCUT2D eigenvalue weighted by molar-refractivity contribution is -0.123. The van der Waals surface area contributed by atoms with Crippen LogP contribution in [0.1, 0.15) is 23.0 Å². The number of Topliss-reactive ketones (excluding diaryl/α,β-unsaturated/α-hetero) is 1. The summed E-state index contributed by atoms with van der Waals surface area (Å²) < 4.78 is 5.37. The zero-order valence-electron chi connectivity index (χ0n) is 12.4. The highest BCUT2D eigenvalue weighted by Crippen LogP contribution is 2.12. The minimum Gasteiger partial charge on any atom is -0.484 e. The molecule has 1 aromatic carbocycles. The summed E-state index contributed by atoms with van der Waals surface area (Å²) in [6.07, 6.45) is 2.41. The highest BCUT2D eigenvalue weighted by atomic mass is 16.5. The number of ether oxygens (including phenoxy) is 1. The third kappa shape index (κ3) is 5.01. The van der Waals surface area contributed by atoms with Crippen LogP contribution in [0.4, 0.5) is 0 Å². The lowest BCUT2D eigenvalue weighted by atomic mass is 10.1. The van der Waals surface area contributed by atoms with Gasteiger partial charge in [0.05, 0.1) is 0 Å². The van der Waals surface area contributed by atoms with Gasteiger partial charge < -0.3 is 10.1 Å². The number of hydrogen-bond acceptors (Lipinski definition) is 4. The first kappa shape index (κ1) is 15.7. The molecule has 5 heteroatoms. The predicted octanol–water partition coefficient (Wildman–Crippen LogP) is 2.02. The topological polar surface area (TPSA) is 68.3 Å². The van der Waals surface area contributed by atoms with Crippen molar-refractivity contribution in [2.75, 3.05) is 13.2 Å². The summed E-state index contributed by atoms with van der Waals surface area (Å²) in [5.41, 5.74) is 1.55. The Labute approximate surface area is 129 Å². The smallest absolute Gasteiger partial charge is 0.257 e. The van der Waals surface area contributed by atoms with E-state index in [4.69, 9.17) is 4.74 Å². The Morgan fingerprint density at radius 2 is 1.91 bits per heavy atom. The molecule has 0 fully saturated rings. The van der Waals surface area contributed by atoms with E-state index in [-0.39, 0.29) is 18.3 Å². The number of amides is 1. The second-order valence-electron chi connectivity index (χ2n) is 4.79. The normalized spacial score (nSPS) is 10.0. The van der Waals surface area contributed by atoms with E-state index in [1.165, 1.54) is 6.92 Å². The second kappa shape index (κ2) is 7.93. The van der Waals surface area contributed by atoms with Gasteiger partial charge in [0, 0.05) is 30.4 Å². The summed E-state index contributed by atoms with van der Waals surface area (Å²) in [6, 6.07) is 12.4. The van der Waals surface area contributed by atoms with Crippen LogP contribution in [0.15, 0.2) is 48.7 Å². The Morgan fingerprint density at radius 1 is 1.14 bits per heavy atom. The van der Waals surface area contributed by atoms with Crippen molar-refractivity contribution in [1.82, 2.24) is 10.3 Å². The van der Waals surface area contributed by atoms with Gasteiger partial charge in [-0.2, -0.15) is 0 Å². The monoisotopic (exact) mass is 298 g/mol. The first-order valence-corrected chi connectivity index (χ1v) is 7.05. The zero-order chi connectivity index (χ0) is 15.8. The molecule has 1 heterocycles. The fraction of sp³-hybridized carbons (Fsp3) is 0.235. The fourth-order valence-electron chi connectivity index (χ4n) is 1.86. The summed E-state index contributed by atoms with van der Waals surface area (Å²) in [5.74, 6) is 0.371. The van der Waals surface area contributed by atoms with Gasteiger partial charge in [0.2, 0.25) is 0 Å². The maximum Gasteiger partial charge on any atom is 0.257 e. The standard InChI is InChI=1S/C17H18N2O3/c1-13(20)14-5-7-16(8-6-14)22-12-17(21)19-11-9-15-4-2-3-10-18-15/h2-8,10H,9,11-12H2,1H3,(H,19,21). The number of ketones is 1. The van der Waals surface area contributed by atoms with Crippen molar-refractivity contribution in [3.8, 4) is 5.75 Å². The van der Waals surface area contributed by atoms with Crippen molar-refractivity contribution in [2.45, 2.75) is 13.3 Å². The van der Waals surface area contributed by atoms with Crippen LogP contribution in [0.2, 0.25) is 0 Å². The molecular formula is C17H18N2O3. The molecule has 0 aliphatic heterocycles. The highest BCUT2D eigenvalue weighted by Gasteiger charge is 2.04. The number of aromatic nitrogens is 1. The number of pyridine rings is 1. The molecule has 0 saturated carbocycles. The second-order valence-corrected chi connectivity index (χ2v) is 4.79. The van der Waals surface area contributed by atoms with E-state index in [2.05, 4.69) is 10.3 Å². The van der Waals surface area contributed by atoms with Gasteiger partial charge in [-0.15, -0.1) is 0 Å². The lowest BCUT2D eigenvalue weighted by Gasteiger charge is -2.07. The van der Waals surface area contributed by atoms with Crippen LogP contribution < -0.4 is 10.1 Å². The molecule has 2 rings (SSSR count). The van der Waals surface area contributed by atoms with Gasteiger partial charge in [0.25, 0.3) is 5.91 Å². The zero-order valence-corrected chi connectivity index (χ0v) is 12.4. The molecule has 1 amide bonds. The Morgan fingerprint density at radius 3 is 2.55 bits per heavy atom. The first-order valence-electron chi connectivity index (χ1n) is 7.05. The molecule has 0 unspecified atom stereocenters. The van der Waals surface area contributed by atoms with Crippen LogP contribution in [0.5, 0.6) is 5.75 Å². The fourth-order valence-corrected chi connectivity index (χ4v) is 1.86. The quantitative estimate of drug-likeness (QED) is 0.794. The molecule has 1 aromatic heterocycles. The number of rotatable bonds is 7. The van der Waals surface area contributed by atoms with Gasteiger partial charge in [0.1, 0.15) is 5.75 Å². The van der Waals surface area contributed by atoms with E-state index in [9.17, 15) is 9.59 Å². The largest absolute Gasteiger partial charge is 0.484 e. The minimum absolute atomic E-state index is 0.00110. The Balaban J connectivity index is 1.70. The average molecular weight is 298 g/mol. The van der Waals surface area contributed by atoms with E-state index in [0.29, 0.717) is 24.3 Å². The van der Waals surface area contributed by atoms with E-state index in [0.717, 1.165) is 5.69 Å². The molecule has 0 bridgehead atoms. The van der Waals surface area contributed by atoms with E-state index < -0.39 is 0 Å². The van der Waals surface area contributed by atoms with Gasteiger partial charge in [-0.3, -0.25) is 14.6 Å². The summed E-state index contributed by atoms with van der Waals surface area (Å²) in [5, 5.41) is 2.77. The minimum atomic E-state index is -0.188. The van der Waals surface area contributed by atoms with Crippen LogP contribution in [-0.4, -0.2) is 29.8 Å². The Kier molecular flexibility index (Phi) is 5.65. The highest BCUT2D eigenvalue weighted by molar-refractivity contribution is 5.94. The average Bonchev–Trinajstić information content (AvgIpc) is 2.54.